The number of piperazine rings is 1. The largest absolute Gasteiger partial charge is 0.340 e. The van der Waals surface area contributed by atoms with Gasteiger partial charge in [0.05, 0.1) is 6.04 Å². The number of halogens is 1. The van der Waals surface area contributed by atoms with Crippen molar-refractivity contribution in [3.63, 3.8) is 0 Å². The second-order valence-corrected chi connectivity index (χ2v) is 7.70. The summed E-state index contributed by atoms with van der Waals surface area (Å²) in [5.74, 6) is 0.641. The third-order valence-electron chi connectivity index (χ3n) is 5.57. The third-order valence-corrected chi connectivity index (χ3v) is 5.81. The first-order chi connectivity index (χ1) is 12.6. The summed E-state index contributed by atoms with van der Waals surface area (Å²) in [5, 5.41) is 3.67. The van der Waals surface area contributed by atoms with E-state index in [4.69, 9.17) is 11.6 Å². The summed E-state index contributed by atoms with van der Waals surface area (Å²) in [4.78, 5) is 29.2. The van der Waals surface area contributed by atoms with Gasteiger partial charge in [-0.2, -0.15) is 0 Å². The van der Waals surface area contributed by atoms with Crippen molar-refractivity contribution in [2.75, 3.05) is 31.5 Å². The number of nitrogens with one attached hydrogen (secondary N) is 1. The van der Waals surface area contributed by atoms with Crippen molar-refractivity contribution < 1.29 is 9.59 Å². The molecule has 1 saturated carbocycles. The maximum absolute atomic E-state index is 13.1. The van der Waals surface area contributed by atoms with Crippen LogP contribution in [0.15, 0.2) is 24.3 Å². The standard InChI is InChI=1S/C20H28ClN3O2/c1-2-18(25)23-10-12-24(13-11-23)19(15-6-3-4-7-15)20(26)22-17-9-5-8-16(21)14-17/h5,8-9,14-15,19H,2-4,6-7,10-13H2,1H3,(H,22,26)/t19-/m0/s1. The summed E-state index contributed by atoms with van der Waals surface area (Å²) >= 11 is 6.04. The fraction of sp³-hybridized carbons (Fsp3) is 0.600. The zero-order chi connectivity index (χ0) is 18.5. The molecule has 1 aliphatic heterocycles. The Morgan fingerprint density at radius 1 is 1.19 bits per heavy atom. The van der Waals surface area contributed by atoms with E-state index in [-0.39, 0.29) is 17.9 Å². The van der Waals surface area contributed by atoms with Crippen LogP contribution in [0.2, 0.25) is 5.02 Å². The molecular weight excluding hydrogens is 350 g/mol. The summed E-state index contributed by atoms with van der Waals surface area (Å²) in [6.07, 6.45) is 5.13. The predicted molar refractivity (Wildman–Crippen MR) is 104 cm³/mol. The van der Waals surface area contributed by atoms with Crippen molar-refractivity contribution in [2.24, 2.45) is 5.92 Å². The van der Waals surface area contributed by atoms with E-state index in [0.717, 1.165) is 31.6 Å². The van der Waals surface area contributed by atoms with Gasteiger partial charge in [0.15, 0.2) is 0 Å². The number of benzene rings is 1. The molecule has 142 valence electrons. The second kappa shape index (κ2) is 8.87. The predicted octanol–water partition coefficient (Wildman–Crippen LogP) is 3.39. The van der Waals surface area contributed by atoms with Crippen LogP contribution in [0.3, 0.4) is 0 Å². The lowest BCUT2D eigenvalue weighted by Gasteiger charge is -2.40. The molecular formula is C20H28ClN3O2. The average Bonchev–Trinajstić information content (AvgIpc) is 3.16. The van der Waals surface area contributed by atoms with Gasteiger partial charge in [0.1, 0.15) is 0 Å². The minimum absolute atomic E-state index is 0.0504. The fourth-order valence-corrected chi connectivity index (χ4v) is 4.40. The topological polar surface area (TPSA) is 52.7 Å². The number of rotatable bonds is 5. The third kappa shape index (κ3) is 4.57. The Kier molecular flexibility index (Phi) is 6.54. The van der Waals surface area contributed by atoms with Crippen LogP contribution in [0.4, 0.5) is 5.69 Å². The highest BCUT2D eigenvalue weighted by Gasteiger charge is 2.37. The maximum atomic E-state index is 13.1. The number of carbonyl (C=O) groups is 2. The molecule has 1 aromatic rings. The van der Waals surface area contributed by atoms with E-state index in [2.05, 4.69) is 10.2 Å². The van der Waals surface area contributed by atoms with Crippen molar-refractivity contribution in [3.05, 3.63) is 29.3 Å². The van der Waals surface area contributed by atoms with Crippen LogP contribution >= 0.6 is 11.6 Å². The van der Waals surface area contributed by atoms with Gasteiger partial charge in [-0.3, -0.25) is 14.5 Å². The van der Waals surface area contributed by atoms with E-state index in [1.807, 2.05) is 24.0 Å². The van der Waals surface area contributed by atoms with Crippen LogP contribution in [0, 0.1) is 5.92 Å². The zero-order valence-corrected chi connectivity index (χ0v) is 16.2. The summed E-state index contributed by atoms with van der Waals surface area (Å²) in [7, 11) is 0. The van der Waals surface area contributed by atoms with Gasteiger partial charge < -0.3 is 10.2 Å². The van der Waals surface area contributed by atoms with Crippen molar-refractivity contribution >= 4 is 29.1 Å². The lowest BCUT2D eigenvalue weighted by Crippen LogP contribution is -2.56. The first-order valence-corrected chi connectivity index (χ1v) is 10.0. The van der Waals surface area contributed by atoms with E-state index >= 15 is 0 Å². The Labute approximate surface area is 160 Å². The van der Waals surface area contributed by atoms with E-state index in [1.54, 1.807) is 12.1 Å². The first kappa shape index (κ1) is 19.2. The second-order valence-electron chi connectivity index (χ2n) is 7.26. The van der Waals surface area contributed by atoms with Crippen LogP contribution in [0.5, 0.6) is 0 Å². The van der Waals surface area contributed by atoms with E-state index in [9.17, 15) is 9.59 Å². The molecule has 1 saturated heterocycles. The van der Waals surface area contributed by atoms with Gasteiger partial charge in [-0.1, -0.05) is 37.4 Å². The molecule has 0 aromatic heterocycles. The number of hydrogen-bond acceptors (Lipinski definition) is 3. The smallest absolute Gasteiger partial charge is 0.242 e. The van der Waals surface area contributed by atoms with Crippen molar-refractivity contribution in [1.29, 1.82) is 0 Å². The molecule has 2 fully saturated rings. The van der Waals surface area contributed by atoms with E-state index in [0.29, 0.717) is 30.5 Å². The molecule has 0 unspecified atom stereocenters. The molecule has 0 spiro atoms. The molecule has 1 aliphatic carbocycles. The van der Waals surface area contributed by atoms with E-state index in [1.165, 1.54) is 12.8 Å². The van der Waals surface area contributed by atoms with Gasteiger partial charge >= 0.3 is 0 Å². The summed E-state index contributed by atoms with van der Waals surface area (Å²) < 4.78 is 0. The molecule has 5 nitrogen and oxygen atoms in total. The van der Waals surface area contributed by atoms with Gasteiger partial charge in [0, 0.05) is 43.3 Å². The van der Waals surface area contributed by atoms with Crippen LogP contribution in [-0.4, -0.2) is 53.8 Å². The van der Waals surface area contributed by atoms with Crippen LogP contribution < -0.4 is 5.32 Å². The van der Waals surface area contributed by atoms with Gasteiger partial charge in [-0.25, -0.2) is 0 Å². The van der Waals surface area contributed by atoms with Gasteiger partial charge in [-0.15, -0.1) is 0 Å². The normalized spacial score (nSPS) is 20.2. The maximum Gasteiger partial charge on any atom is 0.242 e. The average molecular weight is 378 g/mol. The minimum Gasteiger partial charge on any atom is -0.340 e. The molecule has 1 heterocycles. The molecule has 6 heteroatoms. The SMILES string of the molecule is CCC(=O)N1CCN([C@H](C(=O)Nc2cccc(Cl)c2)C2CCCC2)CC1. The van der Waals surface area contributed by atoms with Crippen molar-refractivity contribution in [1.82, 2.24) is 9.80 Å². The molecule has 1 atom stereocenters. The zero-order valence-electron chi connectivity index (χ0n) is 15.4. The number of anilines is 1. The highest BCUT2D eigenvalue weighted by Crippen LogP contribution is 2.32. The molecule has 1 N–H and O–H groups in total. The van der Waals surface area contributed by atoms with Crippen LogP contribution in [-0.2, 0) is 9.59 Å². The number of carbonyl (C=O) groups excluding carboxylic acids is 2. The Balaban J connectivity index is 1.69. The molecule has 2 aliphatic rings. The van der Waals surface area contributed by atoms with Gasteiger partial charge in [-0.05, 0) is 37.0 Å². The summed E-state index contributed by atoms with van der Waals surface area (Å²) in [6, 6.07) is 7.17. The molecule has 26 heavy (non-hydrogen) atoms. The lowest BCUT2D eigenvalue weighted by molar-refractivity contribution is -0.134. The molecule has 0 bridgehead atoms. The Morgan fingerprint density at radius 2 is 1.88 bits per heavy atom. The van der Waals surface area contributed by atoms with Gasteiger partial charge in [0.25, 0.3) is 0 Å². The highest BCUT2D eigenvalue weighted by atomic mass is 35.5. The fourth-order valence-electron chi connectivity index (χ4n) is 4.21. The van der Waals surface area contributed by atoms with Crippen LogP contribution in [0.1, 0.15) is 39.0 Å². The van der Waals surface area contributed by atoms with Gasteiger partial charge in [0.2, 0.25) is 11.8 Å². The lowest BCUT2D eigenvalue weighted by atomic mass is 9.95. The first-order valence-electron chi connectivity index (χ1n) is 9.66. The van der Waals surface area contributed by atoms with Crippen molar-refractivity contribution in [2.45, 2.75) is 45.1 Å². The highest BCUT2D eigenvalue weighted by molar-refractivity contribution is 6.30. The Bertz CT molecular complexity index is 638. The molecule has 1 aromatic carbocycles. The monoisotopic (exact) mass is 377 g/mol. The summed E-state index contributed by atoms with van der Waals surface area (Å²) in [6.45, 7) is 4.83. The van der Waals surface area contributed by atoms with Crippen molar-refractivity contribution in [3.8, 4) is 0 Å². The number of hydrogen-bond donors (Lipinski definition) is 1. The molecule has 0 radical (unpaired) electrons. The minimum atomic E-state index is -0.129. The van der Waals surface area contributed by atoms with Crippen LogP contribution in [0.25, 0.3) is 0 Å². The quantitative estimate of drug-likeness (QED) is 0.855. The Hall–Kier alpha value is -1.59. The molecule has 2 amide bonds. The summed E-state index contributed by atoms with van der Waals surface area (Å²) in [5.41, 5.74) is 0.741. The Morgan fingerprint density at radius 3 is 2.50 bits per heavy atom. The number of nitrogens with zero attached hydrogens (tertiary/aromatic N) is 2. The molecule has 3 rings (SSSR count). The van der Waals surface area contributed by atoms with E-state index < -0.39 is 0 Å². The number of amides is 2.